The summed E-state index contributed by atoms with van der Waals surface area (Å²) in [7, 11) is 1.62. The Hall–Kier alpha value is -3.48. The Bertz CT molecular complexity index is 1070. The largest absolute Gasteiger partial charge is 0.493 e. The van der Waals surface area contributed by atoms with Crippen LogP contribution in [0, 0.1) is 13.8 Å². The zero-order valence-corrected chi connectivity index (χ0v) is 19.3. The first-order valence-electron chi connectivity index (χ1n) is 11.3. The van der Waals surface area contributed by atoms with Crippen molar-refractivity contribution in [3.05, 3.63) is 65.0 Å². The average molecular weight is 451 g/mol. The topological polar surface area (TPSA) is 82.8 Å². The molecule has 0 unspecified atom stereocenters. The quantitative estimate of drug-likeness (QED) is 0.471. The summed E-state index contributed by atoms with van der Waals surface area (Å²) in [4.78, 5) is 12.6. The van der Waals surface area contributed by atoms with Gasteiger partial charge in [0.25, 0.3) is 0 Å². The molecule has 1 aliphatic carbocycles. The lowest BCUT2D eigenvalue weighted by atomic mass is 10.1. The van der Waals surface area contributed by atoms with E-state index in [9.17, 15) is 4.79 Å². The molecule has 1 N–H and O–H groups in total. The van der Waals surface area contributed by atoms with Crippen LogP contribution in [0.1, 0.15) is 48.3 Å². The summed E-state index contributed by atoms with van der Waals surface area (Å²) in [6.07, 6.45) is 4.95. The van der Waals surface area contributed by atoms with Crippen LogP contribution in [0.2, 0.25) is 0 Å². The first-order valence-corrected chi connectivity index (χ1v) is 11.3. The number of aryl methyl sites for hydroxylation is 2. The molecule has 0 saturated heterocycles. The maximum atomic E-state index is 12.6. The SMILES string of the molecule is COc1ccc(NC(=O)Cc2ccc(OCc3c(C)noc3C)cc2)cc1OC1CCCC1. The number of nitrogens with one attached hydrogen (secondary N) is 1. The Morgan fingerprint density at radius 1 is 1.09 bits per heavy atom. The fourth-order valence-electron chi connectivity index (χ4n) is 3.99. The lowest BCUT2D eigenvalue weighted by Crippen LogP contribution is -2.15. The standard InChI is InChI=1S/C26H30N2O5/c1-17-23(18(2)33-28-17)16-31-21-11-8-19(9-12-21)14-26(29)27-20-10-13-24(30-3)25(15-20)32-22-6-4-5-7-22/h8-13,15,22H,4-7,14,16H2,1-3H3,(H,27,29). The number of rotatable bonds is 9. The fourth-order valence-corrected chi connectivity index (χ4v) is 3.99. The third-order valence-corrected chi connectivity index (χ3v) is 5.90. The van der Waals surface area contributed by atoms with Crippen LogP contribution in [0.5, 0.6) is 17.2 Å². The predicted molar refractivity (Wildman–Crippen MR) is 125 cm³/mol. The van der Waals surface area contributed by atoms with Gasteiger partial charge in [-0.3, -0.25) is 4.79 Å². The molecule has 33 heavy (non-hydrogen) atoms. The summed E-state index contributed by atoms with van der Waals surface area (Å²) in [5.74, 6) is 2.73. The number of nitrogens with zero attached hydrogens (tertiary/aromatic N) is 1. The highest BCUT2D eigenvalue weighted by Gasteiger charge is 2.19. The van der Waals surface area contributed by atoms with Crippen LogP contribution in [-0.4, -0.2) is 24.3 Å². The molecule has 1 heterocycles. The molecular weight excluding hydrogens is 420 g/mol. The molecule has 1 saturated carbocycles. The van der Waals surface area contributed by atoms with Gasteiger partial charge < -0.3 is 24.1 Å². The van der Waals surface area contributed by atoms with E-state index in [4.69, 9.17) is 18.7 Å². The highest BCUT2D eigenvalue weighted by Crippen LogP contribution is 2.34. The molecule has 2 aromatic carbocycles. The minimum absolute atomic E-state index is 0.101. The second-order valence-corrected chi connectivity index (χ2v) is 8.35. The third kappa shape index (κ3) is 5.86. The molecule has 1 fully saturated rings. The molecule has 4 rings (SSSR count). The highest BCUT2D eigenvalue weighted by atomic mass is 16.5. The van der Waals surface area contributed by atoms with E-state index in [0.717, 1.165) is 41.2 Å². The Morgan fingerprint density at radius 2 is 1.85 bits per heavy atom. The first-order chi connectivity index (χ1) is 16.0. The van der Waals surface area contributed by atoms with Crippen molar-refractivity contribution >= 4 is 11.6 Å². The van der Waals surface area contributed by atoms with Crippen LogP contribution in [-0.2, 0) is 17.8 Å². The van der Waals surface area contributed by atoms with E-state index >= 15 is 0 Å². The Morgan fingerprint density at radius 3 is 2.52 bits per heavy atom. The lowest BCUT2D eigenvalue weighted by Gasteiger charge is -2.17. The van der Waals surface area contributed by atoms with Crippen molar-refractivity contribution in [1.29, 1.82) is 0 Å². The summed E-state index contributed by atoms with van der Waals surface area (Å²) in [6, 6.07) is 13.0. The van der Waals surface area contributed by atoms with Crippen LogP contribution < -0.4 is 19.5 Å². The summed E-state index contributed by atoms with van der Waals surface area (Å²) >= 11 is 0. The number of benzene rings is 2. The summed E-state index contributed by atoms with van der Waals surface area (Å²) in [6.45, 7) is 4.15. The van der Waals surface area contributed by atoms with E-state index in [1.54, 1.807) is 7.11 Å². The van der Waals surface area contributed by atoms with Crippen LogP contribution >= 0.6 is 0 Å². The normalized spacial score (nSPS) is 13.7. The molecule has 0 atom stereocenters. The molecule has 1 aliphatic rings. The molecule has 0 radical (unpaired) electrons. The zero-order chi connectivity index (χ0) is 23.2. The van der Waals surface area contributed by atoms with Gasteiger partial charge in [0.1, 0.15) is 18.1 Å². The summed E-state index contributed by atoms with van der Waals surface area (Å²) in [5.41, 5.74) is 3.37. The van der Waals surface area contributed by atoms with Gasteiger partial charge >= 0.3 is 0 Å². The van der Waals surface area contributed by atoms with Crippen molar-refractivity contribution < 1.29 is 23.5 Å². The maximum Gasteiger partial charge on any atom is 0.228 e. The van der Waals surface area contributed by atoms with Gasteiger partial charge in [0.15, 0.2) is 11.5 Å². The number of anilines is 1. The second kappa shape index (κ2) is 10.4. The second-order valence-electron chi connectivity index (χ2n) is 8.35. The Balaban J connectivity index is 1.32. The van der Waals surface area contributed by atoms with Gasteiger partial charge in [-0.15, -0.1) is 0 Å². The molecule has 3 aromatic rings. The molecule has 1 amide bonds. The summed E-state index contributed by atoms with van der Waals surface area (Å²) in [5, 5.41) is 6.89. The number of hydrogen-bond donors (Lipinski definition) is 1. The number of methoxy groups -OCH3 is 1. The van der Waals surface area contributed by atoms with Crippen molar-refractivity contribution in [3.63, 3.8) is 0 Å². The van der Waals surface area contributed by atoms with Gasteiger partial charge in [0, 0.05) is 11.8 Å². The Labute approximate surface area is 194 Å². The van der Waals surface area contributed by atoms with Crippen molar-refractivity contribution in [2.75, 3.05) is 12.4 Å². The van der Waals surface area contributed by atoms with Crippen molar-refractivity contribution in [2.45, 2.75) is 58.7 Å². The molecule has 7 heteroatoms. The monoisotopic (exact) mass is 450 g/mol. The number of carbonyl (C=O) groups is 1. The van der Waals surface area contributed by atoms with Crippen LogP contribution in [0.3, 0.4) is 0 Å². The van der Waals surface area contributed by atoms with E-state index < -0.39 is 0 Å². The molecular formula is C26H30N2O5. The van der Waals surface area contributed by atoms with Gasteiger partial charge in [0.2, 0.25) is 5.91 Å². The molecule has 174 valence electrons. The lowest BCUT2D eigenvalue weighted by molar-refractivity contribution is -0.115. The van der Waals surface area contributed by atoms with E-state index in [1.807, 2.05) is 56.3 Å². The van der Waals surface area contributed by atoms with Gasteiger partial charge in [0.05, 0.1) is 30.9 Å². The maximum absolute atomic E-state index is 12.6. The van der Waals surface area contributed by atoms with Gasteiger partial charge in [-0.05, 0) is 69.4 Å². The number of carbonyl (C=O) groups excluding carboxylic acids is 1. The zero-order valence-electron chi connectivity index (χ0n) is 19.3. The van der Waals surface area contributed by atoms with Crippen LogP contribution in [0.25, 0.3) is 0 Å². The van der Waals surface area contributed by atoms with Gasteiger partial charge in [-0.25, -0.2) is 0 Å². The predicted octanol–water partition coefficient (Wildman–Crippen LogP) is 5.38. The number of amides is 1. The first kappa shape index (κ1) is 22.7. The number of ether oxygens (including phenoxy) is 3. The van der Waals surface area contributed by atoms with Crippen LogP contribution in [0.4, 0.5) is 5.69 Å². The van der Waals surface area contributed by atoms with Crippen molar-refractivity contribution in [3.8, 4) is 17.2 Å². The number of hydrogen-bond acceptors (Lipinski definition) is 6. The van der Waals surface area contributed by atoms with Crippen molar-refractivity contribution in [2.24, 2.45) is 0 Å². The van der Waals surface area contributed by atoms with E-state index in [-0.39, 0.29) is 18.4 Å². The molecule has 7 nitrogen and oxygen atoms in total. The highest BCUT2D eigenvalue weighted by molar-refractivity contribution is 5.92. The van der Waals surface area contributed by atoms with E-state index in [1.165, 1.54) is 12.8 Å². The smallest absolute Gasteiger partial charge is 0.228 e. The minimum atomic E-state index is -0.101. The Kier molecular flexibility index (Phi) is 7.17. The number of aromatic nitrogens is 1. The fraction of sp³-hybridized carbons (Fsp3) is 0.385. The third-order valence-electron chi connectivity index (χ3n) is 5.90. The molecule has 0 aliphatic heterocycles. The van der Waals surface area contributed by atoms with Crippen LogP contribution in [0.15, 0.2) is 47.0 Å². The molecule has 0 bridgehead atoms. The van der Waals surface area contributed by atoms with Gasteiger partial charge in [-0.1, -0.05) is 17.3 Å². The molecule has 1 aromatic heterocycles. The average Bonchev–Trinajstić information content (AvgIpc) is 3.43. The summed E-state index contributed by atoms with van der Waals surface area (Å²) < 4.78 is 22.5. The molecule has 0 spiro atoms. The van der Waals surface area contributed by atoms with E-state index in [2.05, 4.69) is 10.5 Å². The minimum Gasteiger partial charge on any atom is -0.493 e. The van der Waals surface area contributed by atoms with Crippen molar-refractivity contribution in [1.82, 2.24) is 5.16 Å². The van der Waals surface area contributed by atoms with E-state index in [0.29, 0.717) is 23.8 Å². The van der Waals surface area contributed by atoms with Gasteiger partial charge in [-0.2, -0.15) is 0 Å².